The van der Waals surface area contributed by atoms with Gasteiger partial charge in [0.25, 0.3) is 0 Å². The highest BCUT2D eigenvalue weighted by molar-refractivity contribution is 5.46. The molecule has 1 heterocycles. The predicted molar refractivity (Wildman–Crippen MR) is 79.2 cm³/mol. The third-order valence-corrected chi connectivity index (χ3v) is 2.82. The summed E-state index contributed by atoms with van der Waals surface area (Å²) in [6, 6.07) is 12.2. The van der Waals surface area contributed by atoms with Gasteiger partial charge in [0, 0.05) is 19.2 Å². The Labute approximate surface area is 114 Å². The molecule has 0 unspecified atom stereocenters. The molecule has 4 nitrogen and oxygen atoms in total. The van der Waals surface area contributed by atoms with Crippen molar-refractivity contribution < 1.29 is 0 Å². The van der Waals surface area contributed by atoms with E-state index in [4.69, 9.17) is 0 Å². The van der Waals surface area contributed by atoms with Crippen molar-refractivity contribution in [3.63, 3.8) is 0 Å². The van der Waals surface area contributed by atoms with Gasteiger partial charge in [-0.2, -0.15) is 0 Å². The van der Waals surface area contributed by atoms with E-state index in [9.17, 15) is 0 Å². The molecule has 0 radical (unpaired) electrons. The van der Waals surface area contributed by atoms with E-state index in [0.717, 1.165) is 31.1 Å². The van der Waals surface area contributed by atoms with Crippen molar-refractivity contribution in [1.29, 1.82) is 0 Å². The third-order valence-electron chi connectivity index (χ3n) is 2.82. The van der Waals surface area contributed by atoms with Gasteiger partial charge in [-0.15, -0.1) is 0 Å². The first-order valence-corrected chi connectivity index (χ1v) is 6.72. The number of hydrogen-bond donors (Lipinski definition) is 2. The molecule has 100 valence electrons. The summed E-state index contributed by atoms with van der Waals surface area (Å²) in [6.07, 6.45) is 3.91. The maximum Gasteiger partial charge on any atom is 0.131 e. The first-order chi connectivity index (χ1) is 9.38. The minimum absolute atomic E-state index is 0.770. The topological polar surface area (TPSA) is 49.8 Å². The Kier molecular flexibility index (Phi) is 5.17. The number of aromatic nitrogens is 2. The van der Waals surface area contributed by atoms with E-state index in [1.54, 1.807) is 6.33 Å². The Bertz CT molecular complexity index is 485. The largest absolute Gasteiger partial charge is 0.370 e. The second-order valence-corrected chi connectivity index (χ2v) is 4.41. The molecule has 0 fully saturated rings. The lowest BCUT2D eigenvalue weighted by Gasteiger charge is -2.08. The minimum Gasteiger partial charge on any atom is -0.370 e. The molecule has 0 saturated heterocycles. The highest BCUT2D eigenvalue weighted by Crippen LogP contribution is 2.10. The monoisotopic (exact) mass is 256 g/mol. The molecule has 0 aliphatic rings. The summed E-state index contributed by atoms with van der Waals surface area (Å²) in [5.74, 6) is 1.72. The lowest BCUT2D eigenvalue weighted by Crippen LogP contribution is -2.06. The molecule has 1 aromatic carbocycles. The molecule has 0 aliphatic carbocycles. The summed E-state index contributed by atoms with van der Waals surface area (Å²) in [4.78, 5) is 8.42. The quantitative estimate of drug-likeness (QED) is 0.746. The second-order valence-electron chi connectivity index (χ2n) is 4.41. The molecule has 0 amide bonds. The van der Waals surface area contributed by atoms with Gasteiger partial charge in [-0.3, -0.25) is 0 Å². The van der Waals surface area contributed by atoms with Gasteiger partial charge in [0.05, 0.1) is 0 Å². The third kappa shape index (κ3) is 4.58. The van der Waals surface area contributed by atoms with E-state index < -0.39 is 0 Å². The van der Waals surface area contributed by atoms with E-state index in [2.05, 4.69) is 39.7 Å². The summed E-state index contributed by atoms with van der Waals surface area (Å²) < 4.78 is 0. The summed E-state index contributed by atoms with van der Waals surface area (Å²) >= 11 is 0. The smallest absolute Gasteiger partial charge is 0.131 e. The van der Waals surface area contributed by atoms with Gasteiger partial charge in [-0.1, -0.05) is 43.7 Å². The number of nitrogens with zero attached hydrogens (tertiary/aromatic N) is 2. The Morgan fingerprint density at radius 1 is 1.00 bits per heavy atom. The lowest BCUT2D eigenvalue weighted by atomic mass is 10.2. The first-order valence-electron chi connectivity index (χ1n) is 6.72. The molecule has 2 N–H and O–H groups in total. The Morgan fingerprint density at radius 3 is 2.47 bits per heavy atom. The van der Waals surface area contributed by atoms with Crippen molar-refractivity contribution in [2.45, 2.75) is 26.3 Å². The molecule has 2 aromatic rings. The predicted octanol–water partition coefficient (Wildman–Crippen LogP) is 3.30. The highest BCUT2D eigenvalue weighted by Gasteiger charge is 1.98. The molecular weight excluding hydrogens is 236 g/mol. The molecule has 0 atom stereocenters. The van der Waals surface area contributed by atoms with Gasteiger partial charge >= 0.3 is 0 Å². The van der Waals surface area contributed by atoms with Crippen molar-refractivity contribution in [1.82, 2.24) is 9.97 Å². The molecule has 2 rings (SSSR count). The maximum absolute atomic E-state index is 4.22. The molecule has 1 aromatic heterocycles. The summed E-state index contributed by atoms with van der Waals surface area (Å²) in [5.41, 5.74) is 1.24. The van der Waals surface area contributed by atoms with Gasteiger partial charge in [-0.05, 0) is 12.0 Å². The van der Waals surface area contributed by atoms with Crippen LogP contribution in [-0.2, 0) is 6.54 Å². The van der Waals surface area contributed by atoms with Crippen molar-refractivity contribution in [2.75, 3.05) is 17.2 Å². The summed E-state index contributed by atoms with van der Waals surface area (Å²) in [6.45, 7) is 3.90. The average Bonchev–Trinajstić information content (AvgIpc) is 2.47. The van der Waals surface area contributed by atoms with Crippen molar-refractivity contribution in [2.24, 2.45) is 0 Å². The molecule has 4 heteroatoms. The number of unbranched alkanes of at least 4 members (excludes halogenated alkanes) is 1. The van der Waals surface area contributed by atoms with Crippen LogP contribution in [0.4, 0.5) is 11.6 Å². The van der Waals surface area contributed by atoms with Crippen molar-refractivity contribution >= 4 is 11.6 Å². The fourth-order valence-electron chi connectivity index (χ4n) is 1.73. The van der Waals surface area contributed by atoms with E-state index in [0.29, 0.717) is 0 Å². The van der Waals surface area contributed by atoms with E-state index in [1.807, 2.05) is 24.3 Å². The summed E-state index contributed by atoms with van der Waals surface area (Å²) in [7, 11) is 0. The number of hydrogen-bond acceptors (Lipinski definition) is 4. The van der Waals surface area contributed by atoms with Gasteiger partial charge in [0.15, 0.2) is 0 Å². The Hall–Kier alpha value is -2.10. The molecule has 19 heavy (non-hydrogen) atoms. The lowest BCUT2D eigenvalue weighted by molar-refractivity contribution is 0.830. The number of rotatable bonds is 7. The fourth-order valence-corrected chi connectivity index (χ4v) is 1.73. The van der Waals surface area contributed by atoms with Crippen LogP contribution in [0.5, 0.6) is 0 Å². The molecule has 0 aliphatic heterocycles. The van der Waals surface area contributed by atoms with Gasteiger partial charge in [0.1, 0.15) is 18.0 Å². The number of nitrogens with one attached hydrogen (secondary N) is 2. The van der Waals surface area contributed by atoms with Crippen LogP contribution in [-0.4, -0.2) is 16.5 Å². The van der Waals surface area contributed by atoms with Crippen LogP contribution in [0.15, 0.2) is 42.7 Å². The van der Waals surface area contributed by atoms with E-state index in [1.165, 1.54) is 12.0 Å². The summed E-state index contributed by atoms with van der Waals surface area (Å²) in [5, 5.41) is 6.59. The molecule has 0 spiro atoms. The molecule has 0 bridgehead atoms. The zero-order valence-electron chi connectivity index (χ0n) is 11.3. The van der Waals surface area contributed by atoms with E-state index in [-0.39, 0.29) is 0 Å². The van der Waals surface area contributed by atoms with Gasteiger partial charge < -0.3 is 10.6 Å². The molecular formula is C15H20N4. The van der Waals surface area contributed by atoms with Crippen LogP contribution in [0.3, 0.4) is 0 Å². The normalized spacial score (nSPS) is 10.2. The average molecular weight is 256 g/mol. The highest BCUT2D eigenvalue weighted by atomic mass is 15.1. The first kappa shape index (κ1) is 13.3. The fraction of sp³-hybridized carbons (Fsp3) is 0.333. The van der Waals surface area contributed by atoms with Crippen molar-refractivity contribution in [3.8, 4) is 0 Å². The van der Waals surface area contributed by atoms with Gasteiger partial charge in [0.2, 0.25) is 0 Å². The van der Waals surface area contributed by atoms with Crippen LogP contribution in [0.1, 0.15) is 25.3 Å². The number of anilines is 2. The minimum atomic E-state index is 0.770. The zero-order valence-corrected chi connectivity index (χ0v) is 11.3. The second kappa shape index (κ2) is 7.36. The van der Waals surface area contributed by atoms with Gasteiger partial charge in [-0.25, -0.2) is 9.97 Å². The Morgan fingerprint density at radius 2 is 1.74 bits per heavy atom. The van der Waals surface area contributed by atoms with Crippen LogP contribution in [0, 0.1) is 0 Å². The Balaban J connectivity index is 1.88. The SMILES string of the molecule is CCCCNc1cc(NCc2ccccc2)ncn1. The molecule has 0 saturated carbocycles. The van der Waals surface area contributed by atoms with E-state index >= 15 is 0 Å². The van der Waals surface area contributed by atoms with Crippen LogP contribution < -0.4 is 10.6 Å². The zero-order chi connectivity index (χ0) is 13.3. The van der Waals surface area contributed by atoms with Crippen LogP contribution in [0.25, 0.3) is 0 Å². The standard InChI is InChI=1S/C15H20N4/c1-2-3-9-16-14-10-15(19-12-18-14)17-11-13-7-5-4-6-8-13/h4-8,10,12H,2-3,9,11H2,1H3,(H2,16,17,18,19). The van der Waals surface area contributed by atoms with Crippen LogP contribution >= 0.6 is 0 Å². The van der Waals surface area contributed by atoms with Crippen molar-refractivity contribution in [3.05, 3.63) is 48.3 Å². The van der Waals surface area contributed by atoms with Crippen LogP contribution in [0.2, 0.25) is 0 Å². The number of benzene rings is 1. The maximum atomic E-state index is 4.22.